The van der Waals surface area contributed by atoms with Crippen molar-refractivity contribution in [3.63, 3.8) is 0 Å². The Hall–Kier alpha value is -3.75. The fourth-order valence-corrected chi connectivity index (χ4v) is 3.36. The lowest BCUT2D eigenvalue weighted by atomic mass is 10.2. The van der Waals surface area contributed by atoms with Crippen LogP contribution in [0.25, 0.3) is 16.9 Å². The Morgan fingerprint density at radius 2 is 1.93 bits per heavy atom. The van der Waals surface area contributed by atoms with Gasteiger partial charge in [-0.2, -0.15) is 5.10 Å². The number of hydrogen-bond acceptors (Lipinski definition) is 4. The van der Waals surface area contributed by atoms with Crippen molar-refractivity contribution >= 4 is 11.6 Å². The van der Waals surface area contributed by atoms with E-state index in [-0.39, 0.29) is 18.7 Å². The van der Waals surface area contributed by atoms with Gasteiger partial charge in [0.25, 0.3) is 0 Å². The van der Waals surface area contributed by atoms with Crippen LogP contribution in [0.4, 0.5) is 8.78 Å². The van der Waals surface area contributed by atoms with Gasteiger partial charge in [-0.1, -0.05) is 6.07 Å². The molecule has 0 spiro atoms. The van der Waals surface area contributed by atoms with E-state index in [1.165, 1.54) is 22.9 Å². The number of primary amides is 1. The van der Waals surface area contributed by atoms with E-state index in [2.05, 4.69) is 10.1 Å². The van der Waals surface area contributed by atoms with Gasteiger partial charge in [-0.05, 0) is 37.6 Å². The molecule has 0 saturated carbocycles. The Kier molecular flexibility index (Phi) is 4.94. The summed E-state index contributed by atoms with van der Waals surface area (Å²) in [6.45, 7) is 3.42. The number of ether oxygens (including phenoxy) is 1. The summed E-state index contributed by atoms with van der Waals surface area (Å²) in [6.07, 6.45) is 5.21. The van der Waals surface area contributed by atoms with Crippen molar-refractivity contribution in [2.45, 2.75) is 27.0 Å². The minimum atomic E-state index is -0.666. The summed E-state index contributed by atoms with van der Waals surface area (Å²) in [6, 6.07) is 5.45. The van der Waals surface area contributed by atoms with Crippen LogP contribution < -0.4 is 10.5 Å². The fourth-order valence-electron chi connectivity index (χ4n) is 3.36. The first-order valence-corrected chi connectivity index (χ1v) is 9.19. The minimum Gasteiger partial charge on any atom is -0.485 e. The molecule has 0 aliphatic rings. The molecule has 0 unspecified atom stereocenters. The molecule has 154 valence electrons. The largest absolute Gasteiger partial charge is 0.485 e. The summed E-state index contributed by atoms with van der Waals surface area (Å²) in [5.41, 5.74) is 8.69. The van der Waals surface area contributed by atoms with Crippen LogP contribution >= 0.6 is 0 Å². The SMILES string of the molecule is Cc1cc(OCc2c(F)cccc2F)c2nc(C)c(-c3cnn(CC(N)=O)c3)n2c1. The molecule has 9 heteroatoms. The molecule has 2 N–H and O–H groups in total. The predicted molar refractivity (Wildman–Crippen MR) is 106 cm³/mol. The number of aromatic nitrogens is 4. The van der Waals surface area contributed by atoms with Crippen molar-refractivity contribution in [2.75, 3.05) is 0 Å². The van der Waals surface area contributed by atoms with Crippen molar-refractivity contribution < 1.29 is 18.3 Å². The van der Waals surface area contributed by atoms with E-state index >= 15 is 0 Å². The second-order valence-corrected chi connectivity index (χ2v) is 7.00. The average molecular weight is 411 g/mol. The van der Waals surface area contributed by atoms with Crippen LogP contribution in [0.1, 0.15) is 16.8 Å². The summed E-state index contributed by atoms with van der Waals surface area (Å²) in [7, 11) is 0. The molecular weight excluding hydrogens is 392 g/mol. The van der Waals surface area contributed by atoms with Crippen molar-refractivity contribution in [1.82, 2.24) is 19.2 Å². The normalized spacial score (nSPS) is 11.2. The summed E-state index contributed by atoms with van der Waals surface area (Å²) in [5, 5.41) is 4.16. The Balaban J connectivity index is 1.74. The highest BCUT2D eigenvalue weighted by Gasteiger charge is 2.18. The Morgan fingerprint density at radius 1 is 1.20 bits per heavy atom. The molecule has 3 heterocycles. The van der Waals surface area contributed by atoms with E-state index in [0.29, 0.717) is 17.1 Å². The number of halogens is 2. The maximum absolute atomic E-state index is 13.9. The molecule has 0 atom stereocenters. The van der Waals surface area contributed by atoms with Gasteiger partial charge >= 0.3 is 0 Å². The van der Waals surface area contributed by atoms with E-state index in [1.807, 2.05) is 24.4 Å². The number of benzene rings is 1. The van der Waals surface area contributed by atoms with Crippen LogP contribution in [0.5, 0.6) is 5.75 Å². The number of rotatable bonds is 6. The summed E-state index contributed by atoms with van der Waals surface area (Å²) in [5.74, 6) is -1.43. The van der Waals surface area contributed by atoms with Crippen LogP contribution in [-0.4, -0.2) is 25.1 Å². The van der Waals surface area contributed by atoms with Gasteiger partial charge in [0.2, 0.25) is 5.91 Å². The highest BCUT2D eigenvalue weighted by Crippen LogP contribution is 2.30. The predicted octanol–water partition coefficient (Wildman–Crippen LogP) is 3.16. The first-order valence-electron chi connectivity index (χ1n) is 9.19. The molecule has 0 fully saturated rings. The maximum atomic E-state index is 13.9. The lowest BCUT2D eigenvalue weighted by Crippen LogP contribution is -2.18. The zero-order chi connectivity index (χ0) is 21.4. The Morgan fingerprint density at radius 3 is 2.63 bits per heavy atom. The van der Waals surface area contributed by atoms with Gasteiger partial charge in [0.15, 0.2) is 11.4 Å². The lowest BCUT2D eigenvalue weighted by Gasteiger charge is -2.11. The zero-order valence-electron chi connectivity index (χ0n) is 16.4. The van der Waals surface area contributed by atoms with Crippen LogP contribution in [0.2, 0.25) is 0 Å². The number of pyridine rings is 1. The summed E-state index contributed by atoms with van der Waals surface area (Å²) >= 11 is 0. The molecule has 0 saturated heterocycles. The van der Waals surface area contributed by atoms with E-state index in [9.17, 15) is 13.6 Å². The van der Waals surface area contributed by atoms with E-state index < -0.39 is 17.5 Å². The number of hydrogen-bond donors (Lipinski definition) is 1. The number of amides is 1. The summed E-state index contributed by atoms with van der Waals surface area (Å²) < 4.78 is 36.9. The van der Waals surface area contributed by atoms with Gasteiger partial charge in [0.1, 0.15) is 24.8 Å². The molecule has 0 aliphatic carbocycles. The second-order valence-electron chi connectivity index (χ2n) is 7.00. The topological polar surface area (TPSA) is 87.4 Å². The van der Waals surface area contributed by atoms with Crippen LogP contribution in [0, 0.1) is 25.5 Å². The molecular formula is C21H19F2N5O2. The molecule has 1 aromatic carbocycles. The van der Waals surface area contributed by atoms with Gasteiger partial charge < -0.3 is 10.5 Å². The van der Waals surface area contributed by atoms with E-state index in [0.717, 1.165) is 16.8 Å². The molecule has 4 aromatic rings. The lowest BCUT2D eigenvalue weighted by molar-refractivity contribution is -0.118. The number of aryl methyl sites for hydroxylation is 2. The first-order chi connectivity index (χ1) is 14.3. The van der Waals surface area contributed by atoms with Gasteiger partial charge in [0, 0.05) is 18.0 Å². The summed E-state index contributed by atoms with van der Waals surface area (Å²) in [4.78, 5) is 15.7. The third-order valence-corrected chi connectivity index (χ3v) is 4.66. The van der Waals surface area contributed by atoms with Crippen molar-refractivity contribution in [2.24, 2.45) is 5.73 Å². The number of nitrogens with zero attached hydrogens (tertiary/aromatic N) is 4. The number of imidazole rings is 1. The van der Waals surface area contributed by atoms with Crippen molar-refractivity contribution in [3.8, 4) is 17.0 Å². The van der Waals surface area contributed by atoms with Crippen LogP contribution in [-0.2, 0) is 17.9 Å². The number of carbonyl (C=O) groups is 1. The quantitative estimate of drug-likeness (QED) is 0.528. The third kappa shape index (κ3) is 3.61. The second kappa shape index (κ2) is 7.58. The molecule has 0 bridgehead atoms. The standard InChI is InChI=1S/C21H19F2N5O2/c1-12-6-18(30-11-15-16(22)4-3-5-17(15)23)21-26-13(2)20(28(21)8-12)14-7-25-27(9-14)10-19(24)29/h3-9H,10-11H2,1-2H3,(H2,24,29). The van der Waals surface area contributed by atoms with E-state index in [1.54, 1.807) is 18.5 Å². The molecule has 0 aliphatic heterocycles. The van der Waals surface area contributed by atoms with Crippen LogP contribution in [0.3, 0.4) is 0 Å². The van der Waals surface area contributed by atoms with Crippen molar-refractivity contribution in [1.29, 1.82) is 0 Å². The third-order valence-electron chi connectivity index (χ3n) is 4.66. The van der Waals surface area contributed by atoms with Gasteiger partial charge in [-0.3, -0.25) is 13.9 Å². The fraction of sp³-hybridized carbons (Fsp3) is 0.190. The maximum Gasteiger partial charge on any atom is 0.239 e. The highest BCUT2D eigenvalue weighted by atomic mass is 19.1. The average Bonchev–Trinajstić information content (AvgIpc) is 3.24. The number of carbonyl (C=O) groups excluding carboxylic acids is 1. The molecule has 30 heavy (non-hydrogen) atoms. The molecule has 3 aromatic heterocycles. The first kappa shape index (κ1) is 19.6. The molecule has 1 amide bonds. The highest BCUT2D eigenvalue weighted by molar-refractivity contribution is 5.74. The van der Waals surface area contributed by atoms with Gasteiger partial charge in [-0.25, -0.2) is 13.8 Å². The minimum absolute atomic E-state index is 0.0304. The number of fused-ring (bicyclic) bond motifs is 1. The monoisotopic (exact) mass is 411 g/mol. The molecule has 4 rings (SSSR count). The van der Waals surface area contributed by atoms with Gasteiger partial charge in [-0.15, -0.1) is 0 Å². The van der Waals surface area contributed by atoms with Gasteiger partial charge in [0.05, 0.1) is 23.1 Å². The van der Waals surface area contributed by atoms with Crippen molar-refractivity contribution in [3.05, 3.63) is 71.3 Å². The van der Waals surface area contributed by atoms with E-state index in [4.69, 9.17) is 10.5 Å². The Labute approximate surface area is 170 Å². The smallest absolute Gasteiger partial charge is 0.239 e. The molecule has 7 nitrogen and oxygen atoms in total. The molecule has 0 radical (unpaired) electrons. The Bertz CT molecular complexity index is 1240. The van der Waals surface area contributed by atoms with Crippen LogP contribution in [0.15, 0.2) is 42.9 Å². The number of nitrogens with two attached hydrogens (primary N) is 1. The zero-order valence-corrected chi connectivity index (χ0v) is 16.4.